The second-order valence-corrected chi connectivity index (χ2v) is 5.98. The lowest BCUT2D eigenvalue weighted by Crippen LogP contribution is -2.26. The van der Waals surface area contributed by atoms with Crippen LogP contribution in [-0.2, 0) is 16.4 Å². The standard InChI is InChI=1S/C12H15N3O3S/c1-3-11-13-8-12(14-11)19(17,18)15(2)9-5-4-6-10(16)7-9/h4-8,16H,3H2,1-2H3,(H,13,14). The van der Waals surface area contributed by atoms with Crippen LogP contribution in [0.1, 0.15) is 12.7 Å². The Morgan fingerprint density at radius 3 is 2.74 bits per heavy atom. The molecule has 1 heterocycles. The fraction of sp³-hybridized carbons (Fsp3) is 0.250. The minimum Gasteiger partial charge on any atom is -0.508 e. The van der Waals surface area contributed by atoms with Gasteiger partial charge in [-0.05, 0) is 12.1 Å². The van der Waals surface area contributed by atoms with Gasteiger partial charge in [0.25, 0.3) is 10.0 Å². The number of aryl methyl sites for hydroxylation is 1. The quantitative estimate of drug-likeness (QED) is 0.889. The van der Waals surface area contributed by atoms with Crippen LogP contribution in [0, 0.1) is 0 Å². The summed E-state index contributed by atoms with van der Waals surface area (Å²) >= 11 is 0. The van der Waals surface area contributed by atoms with Gasteiger partial charge < -0.3 is 10.1 Å². The van der Waals surface area contributed by atoms with E-state index in [4.69, 9.17) is 0 Å². The molecule has 2 rings (SSSR count). The van der Waals surface area contributed by atoms with E-state index < -0.39 is 10.0 Å². The zero-order chi connectivity index (χ0) is 14.0. The number of rotatable bonds is 4. The third-order valence-electron chi connectivity index (χ3n) is 2.77. The Bertz CT molecular complexity index is 679. The van der Waals surface area contributed by atoms with Crippen molar-refractivity contribution in [3.05, 3.63) is 36.3 Å². The van der Waals surface area contributed by atoms with E-state index in [-0.39, 0.29) is 10.8 Å². The predicted octanol–water partition coefficient (Wildman–Crippen LogP) is 1.50. The molecule has 2 aromatic rings. The van der Waals surface area contributed by atoms with Crippen molar-refractivity contribution >= 4 is 15.7 Å². The van der Waals surface area contributed by atoms with E-state index >= 15 is 0 Å². The number of phenols is 1. The molecule has 19 heavy (non-hydrogen) atoms. The number of aromatic nitrogens is 2. The number of H-pyrrole nitrogens is 1. The Morgan fingerprint density at radius 1 is 1.42 bits per heavy atom. The number of imidazole rings is 1. The first kappa shape index (κ1) is 13.4. The van der Waals surface area contributed by atoms with E-state index in [1.165, 1.54) is 25.4 Å². The summed E-state index contributed by atoms with van der Waals surface area (Å²) in [6.45, 7) is 1.88. The summed E-state index contributed by atoms with van der Waals surface area (Å²) in [6, 6.07) is 6.06. The number of anilines is 1. The Balaban J connectivity index is 2.39. The van der Waals surface area contributed by atoms with Crippen molar-refractivity contribution in [3.8, 4) is 5.75 Å². The Labute approximate surface area is 111 Å². The molecule has 0 fully saturated rings. The van der Waals surface area contributed by atoms with Crippen LogP contribution >= 0.6 is 0 Å². The summed E-state index contributed by atoms with van der Waals surface area (Å²) in [7, 11) is -2.27. The molecule has 102 valence electrons. The Morgan fingerprint density at radius 2 is 2.16 bits per heavy atom. The first-order valence-corrected chi connectivity index (χ1v) is 7.21. The molecule has 0 spiro atoms. The zero-order valence-electron chi connectivity index (χ0n) is 10.7. The summed E-state index contributed by atoms with van der Waals surface area (Å²) < 4.78 is 25.8. The summed E-state index contributed by atoms with van der Waals surface area (Å²) in [5.41, 5.74) is 0.382. The molecule has 6 nitrogen and oxygen atoms in total. The first-order valence-electron chi connectivity index (χ1n) is 5.77. The largest absolute Gasteiger partial charge is 0.508 e. The highest BCUT2D eigenvalue weighted by atomic mass is 32.2. The van der Waals surface area contributed by atoms with Crippen LogP contribution in [-0.4, -0.2) is 30.5 Å². The molecule has 0 aliphatic rings. The molecule has 0 bridgehead atoms. The predicted molar refractivity (Wildman–Crippen MR) is 71.7 cm³/mol. The first-order chi connectivity index (χ1) is 8.95. The van der Waals surface area contributed by atoms with Crippen LogP contribution in [0.2, 0.25) is 0 Å². The molecule has 0 aliphatic carbocycles. The van der Waals surface area contributed by atoms with E-state index in [1.807, 2.05) is 6.92 Å². The lowest BCUT2D eigenvalue weighted by atomic mass is 10.3. The van der Waals surface area contributed by atoms with Crippen molar-refractivity contribution in [1.82, 2.24) is 9.97 Å². The van der Waals surface area contributed by atoms with Gasteiger partial charge in [0.05, 0.1) is 11.9 Å². The second kappa shape index (κ2) is 4.93. The van der Waals surface area contributed by atoms with E-state index in [0.29, 0.717) is 17.9 Å². The number of aromatic hydroxyl groups is 1. The number of aromatic amines is 1. The highest BCUT2D eigenvalue weighted by molar-refractivity contribution is 7.92. The van der Waals surface area contributed by atoms with Crippen molar-refractivity contribution in [2.24, 2.45) is 0 Å². The molecule has 0 radical (unpaired) electrons. The van der Waals surface area contributed by atoms with Gasteiger partial charge in [-0.25, -0.2) is 4.98 Å². The molecule has 1 aromatic carbocycles. The number of hydrogen-bond donors (Lipinski definition) is 2. The highest BCUT2D eigenvalue weighted by Gasteiger charge is 2.23. The van der Waals surface area contributed by atoms with Crippen LogP contribution in [0.5, 0.6) is 5.75 Å². The van der Waals surface area contributed by atoms with Gasteiger partial charge in [-0.15, -0.1) is 0 Å². The number of phenolic OH excluding ortho intramolecular Hbond substituents is 1. The minimum absolute atomic E-state index is 0.0124. The Kier molecular flexibility index (Phi) is 3.48. The molecular weight excluding hydrogens is 266 g/mol. The summed E-state index contributed by atoms with van der Waals surface area (Å²) in [5.74, 6) is 0.626. The summed E-state index contributed by atoms with van der Waals surface area (Å²) in [5, 5.41) is 9.44. The van der Waals surface area contributed by atoms with Crippen LogP contribution < -0.4 is 4.31 Å². The average molecular weight is 281 g/mol. The third-order valence-corrected chi connectivity index (χ3v) is 4.47. The van der Waals surface area contributed by atoms with Gasteiger partial charge in [0.1, 0.15) is 11.6 Å². The molecule has 0 saturated carbocycles. The fourth-order valence-corrected chi connectivity index (χ4v) is 2.75. The van der Waals surface area contributed by atoms with Gasteiger partial charge >= 0.3 is 0 Å². The maximum Gasteiger partial charge on any atom is 0.281 e. The maximum atomic E-state index is 12.3. The van der Waals surface area contributed by atoms with Crippen LogP contribution in [0.3, 0.4) is 0 Å². The maximum absolute atomic E-state index is 12.3. The molecule has 2 N–H and O–H groups in total. The topological polar surface area (TPSA) is 86.3 Å². The Hall–Kier alpha value is -2.02. The molecule has 7 heteroatoms. The fourth-order valence-electron chi connectivity index (χ4n) is 1.63. The van der Waals surface area contributed by atoms with Gasteiger partial charge in [0, 0.05) is 19.5 Å². The van der Waals surface area contributed by atoms with Crippen molar-refractivity contribution in [2.45, 2.75) is 18.4 Å². The minimum atomic E-state index is -3.69. The number of nitrogens with one attached hydrogen (secondary N) is 1. The van der Waals surface area contributed by atoms with Gasteiger partial charge in [-0.3, -0.25) is 4.31 Å². The third kappa shape index (κ3) is 2.55. The van der Waals surface area contributed by atoms with Crippen LogP contribution in [0.15, 0.2) is 35.5 Å². The van der Waals surface area contributed by atoms with Gasteiger partial charge in [0.15, 0.2) is 5.03 Å². The monoisotopic (exact) mass is 281 g/mol. The average Bonchev–Trinajstić information content (AvgIpc) is 2.87. The molecule has 0 saturated heterocycles. The number of benzene rings is 1. The molecular formula is C12H15N3O3S. The number of sulfonamides is 1. The molecule has 0 unspecified atom stereocenters. The van der Waals surface area contributed by atoms with E-state index in [0.717, 1.165) is 4.31 Å². The van der Waals surface area contributed by atoms with Gasteiger partial charge in [-0.2, -0.15) is 8.42 Å². The lowest BCUT2D eigenvalue weighted by Gasteiger charge is -2.18. The van der Waals surface area contributed by atoms with Crippen molar-refractivity contribution < 1.29 is 13.5 Å². The number of nitrogens with zero attached hydrogens (tertiary/aromatic N) is 2. The van der Waals surface area contributed by atoms with E-state index in [1.54, 1.807) is 12.1 Å². The smallest absolute Gasteiger partial charge is 0.281 e. The molecule has 0 atom stereocenters. The molecule has 1 aromatic heterocycles. The van der Waals surface area contributed by atoms with Gasteiger partial charge in [-0.1, -0.05) is 13.0 Å². The van der Waals surface area contributed by atoms with Crippen LogP contribution in [0.25, 0.3) is 0 Å². The SMILES string of the molecule is CCc1ncc(S(=O)(=O)N(C)c2cccc(O)c2)[nH]1. The molecule has 0 amide bonds. The molecule has 0 aliphatic heterocycles. The normalized spacial score (nSPS) is 11.5. The highest BCUT2D eigenvalue weighted by Crippen LogP contribution is 2.24. The summed E-state index contributed by atoms with van der Waals surface area (Å²) in [4.78, 5) is 6.75. The van der Waals surface area contributed by atoms with Crippen molar-refractivity contribution in [1.29, 1.82) is 0 Å². The van der Waals surface area contributed by atoms with E-state index in [2.05, 4.69) is 9.97 Å². The second-order valence-electron chi connectivity index (χ2n) is 4.04. The van der Waals surface area contributed by atoms with E-state index in [9.17, 15) is 13.5 Å². The number of hydrogen-bond acceptors (Lipinski definition) is 4. The van der Waals surface area contributed by atoms with Gasteiger partial charge in [0.2, 0.25) is 0 Å². The van der Waals surface area contributed by atoms with Crippen molar-refractivity contribution in [3.63, 3.8) is 0 Å². The summed E-state index contributed by atoms with van der Waals surface area (Å²) in [6.07, 6.45) is 1.93. The lowest BCUT2D eigenvalue weighted by molar-refractivity contribution is 0.475. The van der Waals surface area contributed by atoms with Crippen LogP contribution in [0.4, 0.5) is 5.69 Å². The van der Waals surface area contributed by atoms with Crippen molar-refractivity contribution in [2.75, 3.05) is 11.4 Å². The zero-order valence-corrected chi connectivity index (χ0v) is 11.5.